The van der Waals surface area contributed by atoms with E-state index in [4.69, 9.17) is 4.74 Å². The van der Waals surface area contributed by atoms with Gasteiger partial charge >= 0.3 is 6.18 Å². The molecule has 0 radical (unpaired) electrons. The summed E-state index contributed by atoms with van der Waals surface area (Å²) in [6, 6.07) is 4.51. The molecule has 1 aromatic carbocycles. The van der Waals surface area contributed by atoms with Gasteiger partial charge in [-0.15, -0.1) is 0 Å². The Bertz CT molecular complexity index is 448. The summed E-state index contributed by atoms with van der Waals surface area (Å²) in [4.78, 5) is 1.95. The van der Waals surface area contributed by atoms with Crippen LogP contribution in [0.2, 0.25) is 0 Å². The average Bonchev–Trinajstić information content (AvgIpc) is 2.26. The number of rotatable bonds is 1. The van der Waals surface area contributed by atoms with Gasteiger partial charge in [-0.05, 0) is 38.5 Å². The van der Waals surface area contributed by atoms with E-state index in [1.54, 1.807) is 6.07 Å². The van der Waals surface area contributed by atoms with Crippen LogP contribution < -0.4 is 4.90 Å². The first-order valence-corrected chi connectivity index (χ1v) is 6.35. The number of anilines is 1. The van der Waals surface area contributed by atoms with Crippen molar-refractivity contribution in [3.8, 4) is 0 Å². The first-order valence-electron chi connectivity index (χ1n) is 6.35. The Kier molecular flexibility index (Phi) is 3.76. The summed E-state index contributed by atoms with van der Waals surface area (Å²) in [5.74, 6) is 0. The topological polar surface area (TPSA) is 12.5 Å². The van der Waals surface area contributed by atoms with Gasteiger partial charge in [-0.2, -0.15) is 13.2 Å². The van der Waals surface area contributed by atoms with E-state index >= 15 is 0 Å². The van der Waals surface area contributed by atoms with E-state index in [1.807, 2.05) is 18.7 Å². The van der Waals surface area contributed by atoms with Gasteiger partial charge in [-0.1, -0.05) is 6.07 Å². The maximum Gasteiger partial charge on any atom is 0.416 e. The Morgan fingerprint density at radius 3 is 2.26 bits per heavy atom. The summed E-state index contributed by atoms with van der Waals surface area (Å²) in [7, 11) is 0. The van der Waals surface area contributed by atoms with Crippen LogP contribution in [0.25, 0.3) is 0 Å². The highest BCUT2D eigenvalue weighted by molar-refractivity contribution is 5.52. The van der Waals surface area contributed by atoms with Crippen molar-refractivity contribution in [2.45, 2.75) is 39.2 Å². The minimum Gasteiger partial charge on any atom is -0.372 e. The lowest BCUT2D eigenvalue weighted by Gasteiger charge is -2.37. The van der Waals surface area contributed by atoms with Crippen molar-refractivity contribution in [2.24, 2.45) is 0 Å². The highest BCUT2D eigenvalue weighted by Gasteiger charge is 2.33. The molecule has 0 amide bonds. The summed E-state index contributed by atoms with van der Waals surface area (Å²) in [6.45, 7) is 6.58. The van der Waals surface area contributed by atoms with Crippen molar-refractivity contribution < 1.29 is 17.9 Å². The third kappa shape index (κ3) is 3.21. The van der Waals surface area contributed by atoms with Gasteiger partial charge in [-0.25, -0.2) is 0 Å². The van der Waals surface area contributed by atoms with Crippen LogP contribution in [0.5, 0.6) is 0 Å². The Balaban J connectivity index is 2.30. The van der Waals surface area contributed by atoms with Crippen LogP contribution in [0.15, 0.2) is 18.2 Å². The summed E-state index contributed by atoms with van der Waals surface area (Å²) in [6.07, 6.45) is -4.25. The second kappa shape index (κ2) is 5.04. The highest BCUT2D eigenvalue weighted by Crippen LogP contribution is 2.34. The van der Waals surface area contributed by atoms with E-state index in [1.165, 1.54) is 19.1 Å². The van der Waals surface area contributed by atoms with Crippen molar-refractivity contribution in [3.63, 3.8) is 0 Å². The Morgan fingerprint density at radius 1 is 1.16 bits per heavy atom. The Labute approximate surface area is 111 Å². The monoisotopic (exact) mass is 273 g/mol. The molecule has 2 rings (SSSR count). The molecular weight excluding hydrogens is 255 g/mol. The van der Waals surface area contributed by atoms with Crippen LogP contribution in [0, 0.1) is 6.92 Å². The molecule has 2 nitrogen and oxygen atoms in total. The minimum absolute atomic E-state index is 0.0272. The van der Waals surface area contributed by atoms with E-state index in [0.717, 1.165) is 0 Å². The van der Waals surface area contributed by atoms with Crippen molar-refractivity contribution in [3.05, 3.63) is 29.3 Å². The zero-order valence-electron chi connectivity index (χ0n) is 11.3. The number of ether oxygens (including phenoxy) is 1. The summed E-state index contributed by atoms with van der Waals surface area (Å²) < 4.78 is 44.3. The van der Waals surface area contributed by atoms with E-state index in [-0.39, 0.29) is 17.8 Å². The number of alkyl halides is 3. The SMILES string of the molecule is Cc1ccc(N2CC(C)OC(C)C2)cc1C(F)(F)F. The third-order valence-corrected chi connectivity index (χ3v) is 3.31. The zero-order chi connectivity index (χ0) is 14.2. The molecule has 106 valence electrons. The van der Waals surface area contributed by atoms with Crippen molar-refractivity contribution in [1.82, 2.24) is 0 Å². The molecule has 2 atom stereocenters. The Morgan fingerprint density at radius 2 is 1.74 bits per heavy atom. The van der Waals surface area contributed by atoms with Gasteiger partial charge in [0, 0.05) is 18.8 Å². The van der Waals surface area contributed by atoms with Gasteiger partial charge in [0.1, 0.15) is 0 Å². The fourth-order valence-electron chi connectivity index (χ4n) is 2.50. The van der Waals surface area contributed by atoms with Crippen molar-refractivity contribution in [2.75, 3.05) is 18.0 Å². The van der Waals surface area contributed by atoms with E-state index in [0.29, 0.717) is 18.8 Å². The molecule has 19 heavy (non-hydrogen) atoms. The van der Waals surface area contributed by atoms with Crippen LogP contribution in [-0.4, -0.2) is 25.3 Å². The normalized spacial score (nSPS) is 24.6. The second-order valence-corrected chi connectivity index (χ2v) is 5.16. The van der Waals surface area contributed by atoms with Crippen LogP contribution in [0.3, 0.4) is 0 Å². The van der Waals surface area contributed by atoms with Gasteiger partial charge in [0.2, 0.25) is 0 Å². The summed E-state index contributed by atoms with van der Waals surface area (Å²) >= 11 is 0. The summed E-state index contributed by atoms with van der Waals surface area (Å²) in [5, 5.41) is 0. The predicted octanol–water partition coefficient (Wildman–Crippen LogP) is 3.63. The van der Waals surface area contributed by atoms with Crippen LogP contribution in [0.4, 0.5) is 18.9 Å². The molecule has 1 aromatic rings. The van der Waals surface area contributed by atoms with Gasteiger partial charge in [0.25, 0.3) is 0 Å². The molecule has 1 aliphatic rings. The first-order chi connectivity index (χ1) is 8.77. The van der Waals surface area contributed by atoms with Crippen molar-refractivity contribution in [1.29, 1.82) is 0 Å². The number of aryl methyl sites for hydroxylation is 1. The molecule has 0 aromatic heterocycles. The van der Waals surface area contributed by atoms with Crippen LogP contribution in [-0.2, 0) is 10.9 Å². The van der Waals surface area contributed by atoms with Gasteiger partial charge in [-0.3, -0.25) is 0 Å². The van der Waals surface area contributed by atoms with E-state index in [9.17, 15) is 13.2 Å². The molecule has 0 bridgehead atoms. The van der Waals surface area contributed by atoms with Gasteiger partial charge < -0.3 is 9.64 Å². The van der Waals surface area contributed by atoms with Crippen LogP contribution in [0.1, 0.15) is 25.0 Å². The van der Waals surface area contributed by atoms with Crippen LogP contribution >= 0.6 is 0 Å². The number of hydrogen-bond donors (Lipinski definition) is 0. The predicted molar refractivity (Wildman–Crippen MR) is 68.4 cm³/mol. The van der Waals surface area contributed by atoms with E-state index in [2.05, 4.69) is 0 Å². The number of halogens is 3. The fraction of sp³-hybridized carbons (Fsp3) is 0.571. The molecule has 0 spiro atoms. The number of hydrogen-bond acceptors (Lipinski definition) is 2. The lowest BCUT2D eigenvalue weighted by Crippen LogP contribution is -2.45. The zero-order valence-corrected chi connectivity index (χ0v) is 11.3. The molecule has 0 N–H and O–H groups in total. The number of nitrogens with zero attached hydrogens (tertiary/aromatic N) is 1. The lowest BCUT2D eigenvalue weighted by molar-refractivity contribution is -0.138. The first kappa shape index (κ1) is 14.2. The molecule has 1 aliphatic heterocycles. The smallest absolute Gasteiger partial charge is 0.372 e. The number of benzene rings is 1. The van der Waals surface area contributed by atoms with Gasteiger partial charge in [0.05, 0.1) is 17.8 Å². The van der Waals surface area contributed by atoms with Gasteiger partial charge in [0.15, 0.2) is 0 Å². The summed E-state index contributed by atoms with van der Waals surface area (Å²) in [5.41, 5.74) is 0.308. The van der Waals surface area contributed by atoms with E-state index < -0.39 is 11.7 Å². The molecule has 1 heterocycles. The molecule has 0 saturated carbocycles. The average molecular weight is 273 g/mol. The molecule has 1 fully saturated rings. The Hall–Kier alpha value is -1.23. The maximum absolute atomic E-state index is 12.9. The van der Waals surface area contributed by atoms with Crippen molar-refractivity contribution >= 4 is 5.69 Å². The maximum atomic E-state index is 12.9. The number of morpholine rings is 1. The third-order valence-electron chi connectivity index (χ3n) is 3.31. The largest absolute Gasteiger partial charge is 0.416 e. The lowest BCUT2D eigenvalue weighted by atomic mass is 10.1. The standard InChI is InChI=1S/C14H18F3NO/c1-9-4-5-12(6-13(9)14(15,16)17)18-7-10(2)19-11(3)8-18/h4-6,10-11H,7-8H2,1-3H3. The second-order valence-electron chi connectivity index (χ2n) is 5.16. The molecule has 2 unspecified atom stereocenters. The quantitative estimate of drug-likeness (QED) is 0.774. The molecule has 5 heteroatoms. The molecule has 0 aliphatic carbocycles. The molecular formula is C14H18F3NO. The fourth-order valence-corrected chi connectivity index (χ4v) is 2.50. The molecule has 1 saturated heterocycles. The highest BCUT2D eigenvalue weighted by atomic mass is 19.4. The minimum atomic E-state index is -4.30.